The zero-order chi connectivity index (χ0) is 11.0. The monoisotopic (exact) mass is 284 g/mol. The molecule has 2 rings (SSSR count). The summed E-state index contributed by atoms with van der Waals surface area (Å²) in [5.74, 6) is 0. The van der Waals surface area contributed by atoms with E-state index in [0.717, 1.165) is 27.3 Å². The Morgan fingerprint density at radius 2 is 2.27 bits per heavy atom. The van der Waals surface area contributed by atoms with Crippen LogP contribution in [0.1, 0.15) is 21.9 Å². The first-order valence-electron chi connectivity index (χ1n) is 4.39. The molecular weight excluding hydrogens is 276 g/mol. The fourth-order valence-corrected chi connectivity index (χ4v) is 2.67. The summed E-state index contributed by atoms with van der Waals surface area (Å²) in [4.78, 5) is 15.3. The number of halogens is 1. The van der Waals surface area contributed by atoms with Gasteiger partial charge in [0.05, 0.1) is 11.4 Å². The van der Waals surface area contributed by atoms with Gasteiger partial charge in [0.15, 0.2) is 11.4 Å². The van der Waals surface area contributed by atoms with Crippen molar-refractivity contribution in [2.75, 3.05) is 0 Å². The van der Waals surface area contributed by atoms with Crippen molar-refractivity contribution in [3.8, 4) is 5.13 Å². The molecule has 0 saturated heterocycles. The maximum atomic E-state index is 10.9. The van der Waals surface area contributed by atoms with E-state index in [0.29, 0.717) is 5.69 Å². The van der Waals surface area contributed by atoms with E-state index in [1.165, 1.54) is 11.3 Å². The molecule has 0 bridgehead atoms. The van der Waals surface area contributed by atoms with Crippen LogP contribution in [0.5, 0.6) is 0 Å². The van der Waals surface area contributed by atoms with Crippen molar-refractivity contribution in [1.29, 1.82) is 0 Å². The fraction of sp³-hybridized carbons (Fsp3) is 0.200. The Labute approximate surface area is 99.9 Å². The van der Waals surface area contributed by atoms with Crippen LogP contribution in [-0.4, -0.2) is 15.8 Å². The van der Waals surface area contributed by atoms with Crippen LogP contribution in [0, 0.1) is 13.8 Å². The number of aromatic nitrogens is 2. The molecule has 0 spiro atoms. The number of hydrogen-bond acceptors (Lipinski definition) is 3. The van der Waals surface area contributed by atoms with E-state index in [1.54, 1.807) is 6.07 Å². The van der Waals surface area contributed by atoms with Gasteiger partial charge in [-0.05, 0) is 35.8 Å². The number of hydrogen-bond donors (Lipinski definition) is 0. The third-order valence-corrected chi connectivity index (χ3v) is 3.88. The van der Waals surface area contributed by atoms with Crippen LogP contribution in [0.25, 0.3) is 5.13 Å². The summed E-state index contributed by atoms with van der Waals surface area (Å²) >= 11 is 4.94. The Kier molecular flexibility index (Phi) is 2.75. The molecule has 3 nitrogen and oxygen atoms in total. The van der Waals surface area contributed by atoms with E-state index in [9.17, 15) is 4.79 Å². The molecule has 0 atom stereocenters. The first-order valence-corrected chi connectivity index (χ1v) is 6.06. The number of aldehydes is 1. The summed E-state index contributed by atoms with van der Waals surface area (Å²) < 4.78 is 2.78. The summed E-state index contributed by atoms with van der Waals surface area (Å²) in [5.41, 5.74) is 2.58. The number of carbonyl (C=O) groups is 1. The SMILES string of the molecule is Cc1csc(-n2c(C=O)cc(Br)c2C)n1. The van der Waals surface area contributed by atoms with Crippen molar-refractivity contribution in [2.24, 2.45) is 0 Å². The molecule has 0 unspecified atom stereocenters. The highest BCUT2D eigenvalue weighted by Crippen LogP contribution is 2.26. The van der Waals surface area contributed by atoms with Gasteiger partial charge < -0.3 is 0 Å². The summed E-state index contributed by atoms with van der Waals surface area (Å²) in [5, 5.41) is 2.80. The Morgan fingerprint density at radius 3 is 2.80 bits per heavy atom. The highest BCUT2D eigenvalue weighted by molar-refractivity contribution is 9.10. The lowest BCUT2D eigenvalue weighted by atomic mass is 10.4. The number of nitrogens with zero attached hydrogens (tertiary/aromatic N) is 2. The molecule has 0 amide bonds. The molecule has 5 heteroatoms. The zero-order valence-corrected chi connectivity index (χ0v) is 10.7. The van der Waals surface area contributed by atoms with Crippen LogP contribution in [0.15, 0.2) is 15.9 Å². The second-order valence-corrected chi connectivity index (χ2v) is 4.92. The molecule has 0 radical (unpaired) electrons. The van der Waals surface area contributed by atoms with Gasteiger partial charge in [0.1, 0.15) is 0 Å². The van der Waals surface area contributed by atoms with Crippen molar-refractivity contribution in [1.82, 2.24) is 9.55 Å². The number of carbonyl (C=O) groups excluding carboxylic acids is 1. The van der Waals surface area contributed by atoms with Gasteiger partial charge in [0.2, 0.25) is 0 Å². The average Bonchev–Trinajstić information content (AvgIpc) is 2.73. The summed E-state index contributed by atoms with van der Waals surface area (Å²) in [6.07, 6.45) is 0.842. The molecule has 0 aromatic carbocycles. The van der Waals surface area contributed by atoms with Gasteiger partial charge in [0.25, 0.3) is 0 Å². The van der Waals surface area contributed by atoms with E-state index in [-0.39, 0.29) is 0 Å². The topological polar surface area (TPSA) is 34.9 Å². The Hall–Kier alpha value is -0.940. The molecule has 78 valence electrons. The second kappa shape index (κ2) is 3.90. The van der Waals surface area contributed by atoms with E-state index in [4.69, 9.17) is 0 Å². The molecule has 0 aliphatic rings. The van der Waals surface area contributed by atoms with Gasteiger partial charge in [-0.25, -0.2) is 4.98 Å². The Morgan fingerprint density at radius 1 is 1.53 bits per heavy atom. The lowest BCUT2D eigenvalue weighted by Gasteiger charge is -2.03. The largest absolute Gasteiger partial charge is 0.296 e. The van der Waals surface area contributed by atoms with Gasteiger partial charge in [-0.15, -0.1) is 11.3 Å². The molecule has 0 aliphatic heterocycles. The lowest BCUT2D eigenvalue weighted by molar-refractivity contribution is 0.111. The molecule has 0 saturated carbocycles. The fourth-order valence-electron chi connectivity index (χ4n) is 1.38. The van der Waals surface area contributed by atoms with Crippen LogP contribution in [0.2, 0.25) is 0 Å². The maximum absolute atomic E-state index is 10.9. The van der Waals surface area contributed by atoms with E-state index >= 15 is 0 Å². The Bertz CT molecular complexity index is 515. The van der Waals surface area contributed by atoms with E-state index in [1.807, 2.05) is 23.8 Å². The molecule has 0 fully saturated rings. The molecule has 15 heavy (non-hydrogen) atoms. The molecule has 0 aliphatic carbocycles. The van der Waals surface area contributed by atoms with Crippen molar-refractivity contribution in [2.45, 2.75) is 13.8 Å². The first kappa shape index (κ1) is 10.6. The van der Waals surface area contributed by atoms with Gasteiger partial charge in [0, 0.05) is 15.5 Å². The molecule has 2 aromatic rings. The van der Waals surface area contributed by atoms with E-state index < -0.39 is 0 Å². The van der Waals surface area contributed by atoms with Crippen LogP contribution in [-0.2, 0) is 0 Å². The van der Waals surface area contributed by atoms with Crippen molar-refractivity contribution in [3.63, 3.8) is 0 Å². The number of aryl methyl sites for hydroxylation is 1. The lowest BCUT2D eigenvalue weighted by Crippen LogP contribution is -2.00. The summed E-state index contributed by atoms with van der Waals surface area (Å²) in [6.45, 7) is 3.89. The van der Waals surface area contributed by atoms with Crippen LogP contribution >= 0.6 is 27.3 Å². The molecule has 2 aromatic heterocycles. The van der Waals surface area contributed by atoms with Crippen LogP contribution in [0.4, 0.5) is 0 Å². The second-order valence-electron chi connectivity index (χ2n) is 3.23. The normalized spacial score (nSPS) is 10.6. The third-order valence-electron chi connectivity index (χ3n) is 2.13. The smallest absolute Gasteiger partial charge is 0.194 e. The molecule has 0 N–H and O–H groups in total. The maximum Gasteiger partial charge on any atom is 0.194 e. The van der Waals surface area contributed by atoms with Crippen molar-refractivity contribution in [3.05, 3.63) is 33.0 Å². The van der Waals surface area contributed by atoms with Crippen LogP contribution < -0.4 is 0 Å². The van der Waals surface area contributed by atoms with Gasteiger partial charge in [-0.1, -0.05) is 0 Å². The summed E-state index contributed by atoms with van der Waals surface area (Å²) in [6, 6.07) is 1.80. The van der Waals surface area contributed by atoms with Crippen molar-refractivity contribution >= 4 is 33.6 Å². The predicted molar refractivity (Wildman–Crippen MR) is 64.0 cm³/mol. The minimum Gasteiger partial charge on any atom is -0.296 e. The minimum absolute atomic E-state index is 0.619. The van der Waals surface area contributed by atoms with Gasteiger partial charge in [-0.3, -0.25) is 9.36 Å². The quantitative estimate of drug-likeness (QED) is 0.795. The van der Waals surface area contributed by atoms with Crippen LogP contribution in [0.3, 0.4) is 0 Å². The molecule has 2 heterocycles. The minimum atomic E-state index is 0.619. The highest BCUT2D eigenvalue weighted by Gasteiger charge is 2.13. The third kappa shape index (κ3) is 1.77. The van der Waals surface area contributed by atoms with Gasteiger partial charge in [-0.2, -0.15) is 0 Å². The standard InChI is InChI=1S/C10H9BrN2OS/c1-6-5-15-10(12-6)13-7(2)9(11)3-8(13)4-14/h3-5H,1-2H3. The number of rotatable bonds is 2. The Balaban J connectivity index is 2.65. The number of thiazole rings is 1. The first-order chi connectivity index (χ1) is 7.13. The predicted octanol–water partition coefficient (Wildman–Crippen LogP) is 3.13. The average molecular weight is 285 g/mol. The van der Waals surface area contributed by atoms with E-state index in [2.05, 4.69) is 20.9 Å². The van der Waals surface area contributed by atoms with Crippen molar-refractivity contribution < 1.29 is 4.79 Å². The zero-order valence-electron chi connectivity index (χ0n) is 8.32. The molecular formula is C10H9BrN2OS. The summed E-state index contributed by atoms with van der Waals surface area (Å²) in [7, 11) is 0. The highest BCUT2D eigenvalue weighted by atomic mass is 79.9. The van der Waals surface area contributed by atoms with Gasteiger partial charge >= 0.3 is 0 Å².